The van der Waals surface area contributed by atoms with Crippen LogP contribution in [0.3, 0.4) is 0 Å². The highest BCUT2D eigenvalue weighted by atomic mass is 16.5. The molecular weight excluding hydrogens is 212 g/mol. The number of ether oxygens (including phenoxy) is 1. The second-order valence-corrected chi connectivity index (χ2v) is 4.39. The minimum absolute atomic E-state index is 0.675. The Morgan fingerprint density at radius 2 is 1.88 bits per heavy atom. The van der Waals surface area contributed by atoms with E-state index in [1.165, 1.54) is 25.9 Å². The number of nitriles is 1. The molecule has 1 fully saturated rings. The second-order valence-electron chi connectivity index (χ2n) is 4.39. The number of rotatable bonds is 5. The Hall–Kier alpha value is -1.53. The lowest BCUT2D eigenvalue weighted by Gasteiger charge is -2.14. The zero-order chi connectivity index (χ0) is 11.9. The van der Waals surface area contributed by atoms with Gasteiger partial charge in [0.15, 0.2) is 0 Å². The average Bonchev–Trinajstić information content (AvgIpc) is 2.88. The first-order valence-corrected chi connectivity index (χ1v) is 6.24. The third-order valence-corrected chi connectivity index (χ3v) is 3.07. The molecule has 3 heteroatoms. The molecular formula is C14H18N2O. The van der Waals surface area contributed by atoms with E-state index in [1.54, 1.807) is 12.1 Å². The van der Waals surface area contributed by atoms with Gasteiger partial charge in [-0.25, -0.2) is 0 Å². The molecule has 0 radical (unpaired) electrons. The van der Waals surface area contributed by atoms with E-state index in [0.717, 1.165) is 25.3 Å². The van der Waals surface area contributed by atoms with E-state index in [-0.39, 0.29) is 0 Å². The predicted molar refractivity (Wildman–Crippen MR) is 66.9 cm³/mol. The van der Waals surface area contributed by atoms with Crippen LogP contribution in [0, 0.1) is 11.3 Å². The third-order valence-electron chi connectivity index (χ3n) is 3.07. The predicted octanol–water partition coefficient (Wildman–Crippen LogP) is 2.42. The van der Waals surface area contributed by atoms with Crippen molar-refractivity contribution >= 4 is 0 Å². The number of hydrogen-bond donors (Lipinski definition) is 0. The minimum Gasteiger partial charge on any atom is -0.494 e. The smallest absolute Gasteiger partial charge is 0.119 e. The molecule has 0 aliphatic carbocycles. The maximum Gasteiger partial charge on any atom is 0.119 e. The zero-order valence-corrected chi connectivity index (χ0v) is 10.1. The molecule has 1 saturated heterocycles. The normalized spacial score (nSPS) is 15.7. The van der Waals surface area contributed by atoms with Crippen molar-refractivity contribution in [1.29, 1.82) is 5.26 Å². The summed E-state index contributed by atoms with van der Waals surface area (Å²) >= 11 is 0. The van der Waals surface area contributed by atoms with Gasteiger partial charge in [0.25, 0.3) is 0 Å². The Bertz CT molecular complexity index is 374. The number of hydrogen-bond acceptors (Lipinski definition) is 3. The summed E-state index contributed by atoms with van der Waals surface area (Å²) < 4.78 is 5.63. The fraction of sp³-hybridized carbons (Fsp3) is 0.500. The Morgan fingerprint density at radius 1 is 1.18 bits per heavy atom. The molecule has 0 spiro atoms. The lowest BCUT2D eigenvalue weighted by Crippen LogP contribution is -2.21. The molecule has 1 aliphatic heterocycles. The molecule has 0 atom stereocenters. The van der Waals surface area contributed by atoms with Gasteiger partial charge in [-0.1, -0.05) is 0 Å². The third kappa shape index (κ3) is 3.76. The summed E-state index contributed by atoms with van der Waals surface area (Å²) in [5.41, 5.74) is 0.675. The maximum absolute atomic E-state index is 8.67. The Morgan fingerprint density at radius 3 is 2.53 bits per heavy atom. The van der Waals surface area contributed by atoms with E-state index in [1.807, 2.05) is 12.1 Å². The quantitative estimate of drug-likeness (QED) is 0.729. The highest BCUT2D eigenvalue weighted by Gasteiger charge is 2.10. The van der Waals surface area contributed by atoms with Crippen molar-refractivity contribution in [2.75, 3.05) is 26.2 Å². The molecule has 2 rings (SSSR count). The molecule has 1 aromatic rings. The molecule has 1 heterocycles. The standard InChI is InChI=1S/C14H18N2O/c15-12-13-4-6-14(7-5-13)17-11-3-10-16-8-1-2-9-16/h4-7H,1-3,8-11H2. The summed E-state index contributed by atoms with van der Waals surface area (Å²) in [7, 11) is 0. The lowest BCUT2D eigenvalue weighted by molar-refractivity contribution is 0.263. The fourth-order valence-corrected chi connectivity index (χ4v) is 2.11. The molecule has 0 N–H and O–H groups in total. The zero-order valence-electron chi connectivity index (χ0n) is 10.1. The Balaban J connectivity index is 1.65. The van der Waals surface area contributed by atoms with Gasteiger partial charge in [-0.3, -0.25) is 0 Å². The average molecular weight is 230 g/mol. The molecule has 0 amide bonds. The highest BCUT2D eigenvalue weighted by molar-refractivity contribution is 5.34. The molecule has 0 aromatic heterocycles. The second kappa shape index (κ2) is 6.27. The highest BCUT2D eigenvalue weighted by Crippen LogP contribution is 2.12. The van der Waals surface area contributed by atoms with Crippen LogP contribution in [-0.4, -0.2) is 31.1 Å². The van der Waals surface area contributed by atoms with Gasteiger partial charge in [-0.2, -0.15) is 5.26 Å². The van der Waals surface area contributed by atoms with Crippen molar-refractivity contribution in [3.05, 3.63) is 29.8 Å². The van der Waals surface area contributed by atoms with Crippen molar-refractivity contribution < 1.29 is 4.74 Å². The van der Waals surface area contributed by atoms with Crippen molar-refractivity contribution in [2.24, 2.45) is 0 Å². The van der Waals surface area contributed by atoms with E-state index in [9.17, 15) is 0 Å². The minimum atomic E-state index is 0.675. The SMILES string of the molecule is N#Cc1ccc(OCCCN2CCCC2)cc1. The van der Waals surface area contributed by atoms with Crippen LogP contribution in [0.15, 0.2) is 24.3 Å². The molecule has 90 valence electrons. The molecule has 0 bridgehead atoms. The summed E-state index contributed by atoms with van der Waals surface area (Å²) in [6.07, 6.45) is 3.76. The van der Waals surface area contributed by atoms with Crippen molar-refractivity contribution in [1.82, 2.24) is 4.90 Å². The van der Waals surface area contributed by atoms with Crippen LogP contribution in [0.2, 0.25) is 0 Å². The summed E-state index contributed by atoms with van der Waals surface area (Å²) in [5, 5.41) is 8.67. The molecule has 1 aliphatic rings. The van der Waals surface area contributed by atoms with E-state index >= 15 is 0 Å². The van der Waals surface area contributed by atoms with Crippen molar-refractivity contribution in [3.63, 3.8) is 0 Å². The number of nitrogens with zero attached hydrogens (tertiary/aromatic N) is 2. The van der Waals surface area contributed by atoms with Crippen LogP contribution >= 0.6 is 0 Å². The van der Waals surface area contributed by atoms with E-state index in [0.29, 0.717) is 5.56 Å². The van der Waals surface area contributed by atoms with E-state index in [4.69, 9.17) is 10.00 Å². The van der Waals surface area contributed by atoms with Gasteiger partial charge < -0.3 is 9.64 Å². The van der Waals surface area contributed by atoms with Crippen molar-refractivity contribution in [3.8, 4) is 11.8 Å². The Labute approximate surface area is 103 Å². The van der Waals surface area contributed by atoms with Gasteiger partial charge in [0.1, 0.15) is 5.75 Å². The first kappa shape index (κ1) is 11.9. The topological polar surface area (TPSA) is 36.3 Å². The van der Waals surface area contributed by atoms with Gasteiger partial charge in [0.05, 0.1) is 18.2 Å². The van der Waals surface area contributed by atoms with Crippen molar-refractivity contribution in [2.45, 2.75) is 19.3 Å². The van der Waals surface area contributed by atoms with Gasteiger partial charge >= 0.3 is 0 Å². The van der Waals surface area contributed by atoms with Crippen LogP contribution in [-0.2, 0) is 0 Å². The summed E-state index contributed by atoms with van der Waals surface area (Å²) in [6, 6.07) is 9.38. The molecule has 17 heavy (non-hydrogen) atoms. The monoisotopic (exact) mass is 230 g/mol. The summed E-state index contributed by atoms with van der Waals surface area (Å²) in [4.78, 5) is 2.49. The van der Waals surface area contributed by atoms with E-state index < -0.39 is 0 Å². The molecule has 3 nitrogen and oxygen atoms in total. The van der Waals surface area contributed by atoms with Gasteiger partial charge in [0, 0.05) is 6.54 Å². The lowest BCUT2D eigenvalue weighted by atomic mass is 10.2. The fourth-order valence-electron chi connectivity index (χ4n) is 2.11. The van der Waals surface area contributed by atoms with Crippen LogP contribution in [0.1, 0.15) is 24.8 Å². The van der Waals surface area contributed by atoms with E-state index in [2.05, 4.69) is 11.0 Å². The first-order chi connectivity index (χ1) is 8.38. The van der Waals surface area contributed by atoms with Crippen LogP contribution in [0.4, 0.5) is 0 Å². The molecule has 0 saturated carbocycles. The molecule has 0 unspecified atom stereocenters. The number of likely N-dealkylation sites (tertiary alicyclic amines) is 1. The van der Waals surface area contributed by atoms with Gasteiger partial charge in [0.2, 0.25) is 0 Å². The Kier molecular flexibility index (Phi) is 4.40. The van der Waals surface area contributed by atoms with Crippen LogP contribution < -0.4 is 4.74 Å². The van der Waals surface area contributed by atoms with Crippen LogP contribution in [0.5, 0.6) is 5.75 Å². The first-order valence-electron chi connectivity index (χ1n) is 6.24. The van der Waals surface area contributed by atoms with Gasteiger partial charge in [-0.15, -0.1) is 0 Å². The van der Waals surface area contributed by atoms with Crippen LogP contribution in [0.25, 0.3) is 0 Å². The van der Waals surface area contributed by atoms with Gasteiger partial charge in [-0.05, 0) is 56.6 Å². The number of benzene rings is 1. The maximum atomic E-state index is 8.67. The summed E-state index contributed by atoms with van der Waals surface area (Å²) in [6.45, 7) is 4.38. The molecule has 1 aromatic carbocycles. The largest absolute Gasteiger partial charge is 0.494 e. The summed E-state index contributed by atoms with van der Waals surface area (Å²) in [5.74, 6) is 0.852.